The van der Waals surface area contributed by atoms with Crippen LogP contribution in [0, 0.1) is 0 Å². The van der Waals surface area contributed by atoms with Gasteiger partial charge in [0.2, 0.25) is 5.91 Å². The van der Waals surface area contributed by atoms with Gasteiger partial charge in [-0.2, -0.15) is 4.98 Å². The molecular formula is C25H26BrN3O5S. The van der Waals surface area contributed by atoms with Crippen LogP contribution in [0.4, 0.5) is 0 Å². The van der Waals surface area contributed by atoms with Gasteiger partial charge < -0.3 is 24.9 Å². The van der Waals surface area contributed by atoms with Crippen LogP contribution in [0.1, 0.15) is 16.7 Å². The third kappa shape index (κ3) is 7.90. The van der Waals surface area contributed by atoms with E-state index in [-0.39, 0.29) is 34.7 Å². The summed E-state index contributed by atoms with van der Waals surface area (Å²) in [6.45, 7) is 0.438. The minimum Gasteiger partial charge on any atom is -0.494 e. The number of amides is 1. The minimum atomic E-state index is -0.531. The van der Waals surface area contributed by atoms with Crippen molar-refractivity contribution in [2.45, 2.75) is 18.0 Å². The van der Waals surface area contributed by atoms with Crippen LogP contribution in [-0.4, -0.2) is 47.5 Å². The molecule has 1 heterocycles. The average Bonchev–Trinajstić information content (AvgIpc) is 2.84. The predicted molar refractivity (Wildman–Crippen MR) is 140 cm³/mol. The Morgan fingerprint density at radius 2 is 2.00 bits per heavy atom. The first-order valence-electron chi connectivity index (χ1n) is 10.7. The number of aromatic amines is 1. The highest BCUT2D eigenvalue weighted by Gasteiger charge is 2.12. The summed E-state index contributed by atoms with van der Waals surface area (Å²) in [5.41, 5.74) is 1.60. The van der Waals surface area contributed by atoms with Crippen LogP contribution in [0.5, 0.6) is 17.4 Å². The molecule has 0 saturated heterocycles. The lowest BCUT2D eigenvalue weighted by molar-refractivity contribution is -0.118. The first kappa shape index (κ1) is 26.4. The third-order valence-electron chi connectivity index (χ3n) is 4.98. The maximum absolute atomic E-state index is 12.4. The number of carbonyl (C=O) groups excluding carboxylic acids is 1. The zero-order valence-corrected chi connectivity index (χ0v) is 21.7. The van der Waals surface area contributed by atoms with Gasteiger partial charge in [0.25, 0.3) is 5.56 Å². The molecular weight excluding hydrogens is 534 g/mol. The quantitative estimate of drug-likeness (QED) is 0.240. The molecule has 10 heteroatoms. The van der Waals surface area contributed by atoms with Crippen LogP contribution in [0.2, 0.25) is 0 Å². The Morgan fingerprint density at radius 3 is 2.71 bits per heavy atom. The Kier molecular flexibility index (Phi) is 9.80. The number of halogens is 1. The second kappa shape index (κ2) is 13.0. The van der Waals surface area contributed by atoms with E-state index in [1.807, 2.05) is 48.5 Å². The predicted octanol–water partition coefficient (Wildman–Crippen LogP) is 3.96. The second-order valence-corrected chi connectivity index (χ2v) is 9.29. The fourth-order valence-electron chi connectivity index (χ4n) is 3.21. The maximum atomic E-state index is 12.4. The van der Waals surface area contributed by atoms with E-state index in [1.165, 1.54) is 0 Å². The maximum Gasteiger partial charge on any atom is 0.281 e. The number of H-pyrrole nitrogens is 1. The number of nitrogens with zero attached hydrogens (tertiary/aromatic N) is 1. The molecule has 0 saturated carbocycles. The van der Waals surface area contributed by atoms with E-state index in [9.17, 15) is 14.7 Å². The molecule has 1 aromatic heterocycles. The monoisotopic (exact) mass is 559 g/mol. The van der Waals surface area contributed by atoms with Gasteiger partial charge in [-0.15, -0.1) is 0 Å². The molecule has 8 nitrogen and oxygen atoms in total. The van der Waals surface area contributed by atoms with E-state index < -0.39 is 5.56 Å². The number of thioether (sulfide) groups is 1. The van der Waals surface area contributed by atoms with Crippen molar-refractivity contribution in [1.82, 2.24) is 15.3 Å². The molecule has 0 unspecified atom stereocenters. The summed E-state index contributed by atoms with van der Waals surface area (Å²) in [6, 6.07) is 13.3. The number of allylic oxidation sites excluding steroid dienone is 1. The second-order valence-electron chi connectivity index (χ2n) is 7.41. The topological polar surface area (TPSA) is 114 Å². The molecule has 3 aromatic rings. The van der Waals surface area contributed by atoms with Gasteiger partial charge in [-0.25, -0.2) is 0 Å². The van der Waals surface area contributed by atoms with Gasteiger partial charge in [-0.05, 0) is 41.8 Å². The normalized spacial score (nSPS) is 10.9. The van der Waals surface area contributed by atoms with Crippen molar-refractivity contribution in [3.8, 4) is 17.4 Å². The van der Waals surface area contributed by atoms with Gasteiger partial charge in [0.05, 0.1) is 25.5 Å². The molecule has 2 aromatic carbocycles. The van der Waals surface area contributed by atoms with Crippen molar-refractivity contribution in [3.05, 3.63) is 80.1 Å². The van der Waals surface area contributed by atoms with Gasteiger partial charge in [-0.3, -0.25) is 9.59 Å². The lowest BCUT2D eigenvalue weighted by Gasteiger charge is -2.10. The molecule has 0 spiro atoms. The Bertz CT molecular complexity index is 1260. The average molecular weight is 560 g/mol. The number of methoxy groups -OCH3 is 2. The molecule has 0 bridgehead atoms. The van der Waals surface area contributed by atoms with Gasteiger partial charge in [0.1, 0.15) is 0 Å². The van der Waals surface area contributed by atoms with Crippen LogP contribution in [0.3, 0.4) is 0 Å². The smallest absolute Gasteiger partial charge is 0.281 e. The summed E-state index contributed by atoms with van der Waals surface area (Å²) in [7, 11) is 3.15. The van der Waals surface area contributed by atoms with E-state index in [0.29, 0.717) is 24.5 Å². The van der Waals surface area contributed by atoms with Crippen molar-refractivity contribution in [2.75, 3.05) is 26.5 Å². The Morgan fingerprint density at radius 1 is 1.20 bits per heavy atom. The number of rotatable bonds is 11. The van der Waals surface area contributed by atoms with Crippen molar-refractivity contribution in [2.24, 2.45) is 0 Å². The summed E-state index contributed by atoms with van der Waals surface area (Å²) in [6.07, 6.45) is 4.49. The summed E-state index contributed by atoms with van der Waals surface area (Å²) >= 11 is 4.46. The molecule has 0 atom stereocenters. The fraction of sp³-hybridized carbons (Fsp3) is 0.240. The molecule has 0 radical (unpaired) electrons. The van der Waals surface area contributed by atoms with E-state index >= 15 is 0 Å². The van der Waals surface area contributed by atoms with Crippen LogP contribution in [0.15, 0.2) is 63.0 Å². The van der Waals surface area contributed by atoms with Gasteiger partial charge in [0, 0.05) is 17.4 Å². The third-order valence-corrected chi connectivity index (χ3v) is 6.34. The first-order valence-corrected chi connectivity index (χ1v) is 12.5. The molecule has 35 heavy (non-hydrogen) atoms. The van der Waals surface area contributed by atoms with Crippen LogP contribution < -0.4 is 20.3 Å². The van der Waals surface area contributed by atoms with Gasteiger partial charge in [0.15, 0.2) is 22.5 Å². The van der Waals surface area contributed by atoms with E-state index in [1.54, 1.807) is 20.3 Å². The fourth-order valence-corrected chi connectivity index (χ4v) is 4.31. The number of hydrogen-bond acceptors (Lipinski definition) is 7. The summed E-state index contributed by atoms with van der Waals surface area (Å²) in [5, 5.41) is 13.3. The molecule has 0 aliphatic heterocycles. The lowest BCUT2D eigenvalue weighted by atomic mass is 10.1. The summed E-state index contributed by atoms with van der Waals surface area (Å²) in [5.74, 6) is 0.872. The summed E-state index contributed by atoms with van der Waals surface area (Å²) < 4.78 is 11.5. The Balaban J connectivity index is 1.49. The largest absolute Gasteiger partial charge is 0.494 e. The highest BCUT2D eigenvalue weighted by atomic mass is 79.9. The highest BCUT2D eigenvalue weighted by molar-refractivity contribution is 9.10. The summed E-state index contributed by atoms with van der Waals surface area (Å²) in [4.78, 5) is 31.2. The molecule has 0 aliphatic carbocycles. The standard InChI is InChI=1S/C25H26BrN3O5S/c1-33-20-10-9-17(14-21(20)34-2)11-12-27-22(30)15-35-25-28-23(31)19(24(32)29-25)8-4-6-16-5-3-7-18(26)13-16/h3-7,9-10,13-14H,8,11-12,15H2,1-2H3,(H,27,30)(H2,28,29,31,32)/b6-4+. The molecule has 1 amide bonds. The number of ether oxygens (including phenoxy) is 2. The van der Waals surface area contributed by atoms with Crippen LogP contribution in [0.25, 0.3) is 6.08 Å². The molecule has 184 valence electrons. The van der Waals surface area contributed by atoms with Gasteiger partial charge in [-0.1, -0.05) is 58.0 Å². The molecule has 0 fully saturated rings. The van der Waals surface area contributed by atoms with Crippen molar-refractivity contribution >= 4 is 39.7 Å². The number of hydrogen-bond donors (Lipinski definition) is 3. The van der Waals surface area contributed by atoms with E-state index in [4.69, 9.17) is 9.47 Å². The van der Waals surface area contributed by atoms with Crippen molar-refractivity contribution < 1.29 is 19.4 Å². The van der Waals surface area contributed by atoms with Crippen LogP contribution in [-0.2, 0) is 17.6 Å². The number of aromatic hydroxyl groups is 1. The zero-order valence-electron chi connectivity index (χ0n) is 19.3. The van der Waals surface area contributed by atoms with E-state index in [0.717, 1.165) is 27.4 Å². The Hall–Kier alpha value is -3.24. The SMILES string of the molecule is COc1ccc(CCNC(=O)CSc2nc(=O)c(C/C=C/c3cccc(Br)c3)c(O)[nH]2)cc1OC. The van der Waals surface area contributed by atoms with Gasteiger partial charge >= 0.3 is 0 Å². The first-order chi connectivity index (χ1) is 16.9. The van der Waals surface area contributed by atoms with Crippen LogP contribution >= 0.6 is 27.7 Å². The highest BCUT2D eigenvalue weighted by Crippen LogP contribution is 2.27. The Labute approximate surface area is 215 Å². The lowest BCUT2D eigenvalue weighted by Crippen LogP contribution is -2.27. The van der Waals surface area contributed by atoms with Crippen molar-refractivity contribution in [3.63, 3.8) is 0 Å². The number of carbonyl (C=O) groups is 1. The molecule has 3 N–H and O–H groups in total. The minimum absolute atomic E-state index is 0.0520. The molecule has 3 rings (SSSR count). The molecule has 0 aliphatic rings. The number of nitrogens with one attached hydrogen (secondary N) is 2. The zero-order chi connectivity index (χ0) is 25.2. The van der Waals surface area contributed by atoms with Crippen molar-refractivity contribution in [1.29, 1.82) is 0 Å². The number of benzene rings is 2. The number of aromatic nitrogens is 2. The van der Waals surface area contributed by atoms with E-state index in [2.05, 4.69) is 31.2 Å².